The van der Waals surface area contributed by atoms with Gasteiger partial charge in [0.15, 0.2) is 0 Å². The van der Waals surface area contributed by atoms with Gasteiger partial charge in [0.05, 0.1) is 11.6 Å². The van der Waals surface area contributed by atoms with E-state index in [4.69, 9.17) is 11.6 Å². The van der Waals surface area contributed by atoms with Crippen LogP contribution in [-0.2, 0) is 10.2 Å². The maximum Gasteiger partial charge on any atom is 0.335 e. The fourth-order valence-corrected chi connectivity index (χ4v) is 5.11. The molecule has 1 atom stereocenters. The topological polar surface area (TPSA) is 93.2 Å². The average molecular weight is 525 g/mol. The molecule has 2 N–H and O–H groups in total. The molecule has 0 spiro atoms. The fourth-order valence-electron chi connectivity index (χ4n) is 4.91. The summed E-state index contributed by atoms with van der Waals surface area (Å²) in [6, 6.07) is 13.7. The molecule has 0 aliphatic carbocycles. The Bertz CT molecular complexity index is 1250. The quantitative estimate of drug-likeness (QED) is 0.507. The Balaban J connectivity index is 1.47. The van der Waals surface area contributed by atoms with E-state index in [1.807, 2.05) is 12.1 Å². The van der Waals surface area contributed by atoms with Gasteiger partial charge in [-0.3, -0.25) is 4.90 Å². The Kier molecular flexibility index (Phi) is 7.50. The molecule has 4 amide bonds. The number of nitrogens with one attached hydrogen (secondary N) is 1. The van der Waals surface area contributed by atoms with Crippen molar-refractivity contribution in [3.8, 4) is 0 Å². The van der Waals surface area contributed by atoms with Gasteiger partial charge in [-0.1, -0.05) is 56.6 Å². The number of amides is 4. The number of allylic oxidation sites excluding steroid dienone is 1. The van der Waals surface area contributed by atoms with Crippen LogP contribution in [0.25, 0.3) is 0 Å². The first-order chi connectivity index (χ1) is 17.5. The van der Waals surface area contributed by atoms with Crippen molar-refractivity contribution in [2.24, 2.45) is 0 Å². The first-order valence-electron chi connectivity index (χ1n) is 12.4. The molecular weight excluding hydrogens is 492 g/mol. The number of carboxylic acid groups (broad SMARTS) is 1. The Morgan fingerprint density at radius 2 is 1.81 bits per heavy atom. The third kappa shape index (κ3) is 5.59. The van der Waals surface area contributed by atoms with E-state index >= 15 is 0 Å². The zero-order valence-electron chi connectivity index (χ0n) is 21.6. The van der Waals surface area contributed by atoms with Crippen molar-refractivity contribution in [1.82, 2.24) is 15.1 Å². The number of carboxylic acids is 1. The van der Waals surface area contributed by atoms with Gasteiger partial charge in [0.1, 0.15) is 0 Å². The third-order valence-electron chi connectivity index (χ3n) is 6.89. The predicted octanol–water partition coefficient (Wildman–Crippen LogP) is 5.39. The van der Waals surface area contributed by atoms with Gasteiger partial charge in [-0.05, 0) is 54.2 Å². The minimum atomic E-state index is -1.10. The largest absolute Gasteiger partial charge is 0.478 e. The second-order valence-corrected chi connectivity index (χ2v) is 10.9. The molecule has 2 aromatic carbocycles. The number of benzene rings is 2. The lowest BCUT2D eigenvalue weighted by Crippen LogP contribution is -2.49. The standard InChI is InChI=1S/C28H33ClN4O4/c1-18-23(25(34)35)24(19-8-5-10-21(29)16-19)33(26(36)30-18)13-7-12-31-14-15-32(27(31)37)22-11-6-9-20(17-22)28(2,3)4/h5-6,8-11,16-17,24H,7,12-15H2,1-4H3,(H,30,36)(H,34,35). The molecule has 2 aromatic rings. The lowest BCUT2D eigenvalue weighted by Gasteiger charge is -2.37. The molecule has 2 aliphatic heterocycles. The molecule has 4 rings (SSSR count). The van der Waals surface area contributed by atoms with E-state index in [9.17, 15) is 19.5 Å². The summed E-state index contributed by atoms with van der Waals surface area (Å²) in [5.74, 6) is -1.10. The van der Waals surface area contributed by atoms with Crippen LogP contribution >= 0.6 is 11.6 Å². The van der Waals surface area contributed by atoms with Crippen LogP contribution in [0.3, 0.4) is 0 Å². The van der Waals surface area contributed by atoms with Crippen molar-refractivity contribution in [3.05, 3.63) is 76.0 Å². The van der Waals surface area contributed by atoms with Gasteiger partial charge in [0, 0.05) is 42.6 Å². The van der Waals surface area contributed by atoms with Gasteiger partial charge in [0.25, 0.3) is 0 Å². The molecule has 1 saturated heterocycles. The molecule has 1 fully saturated rings. The fraction of sp³-hybridized carbons (Fsp3) is 0.393. The van der Waals surface area contributed by atoms with E-state index < -0.39 is 12.0 Å². The van der Waals surface area contributed by atoms with Gasteiger partial charge in [-0.25, -0.2) is 14.4 Å². The summed E-state index contributed by atoms with van der Waals surface area (Å²) in [6.45, 7) is 9.91. The molecule has 196 valence electrons. The Morgan fingerprint density at radius 1 is 1.08 bits per heavy atom. The molecule has 1 unspecified atom stereocenters. The molecule has 9 heteroatoms. The van der Waals surface area contributed by atoms with Crippen LogP contribution in [-0.4, -0.2) is 59.1 Å². The van der Waals surface area contributed by atoms with E-state index in [0.717, 1.165) is 11.3 Å². The summed E-state index contributed by atoms with van der Waals surface area (Å²) in [4.78, 5) is 43.3. The molecule has 0 radical (unpaired) electrons. The lowest BCUT2D eigenvalue weighted by molar-refractivity contribution is -0.133. The predicted molar refractivity (Wildman–Crippen MR) is 144 cm³/mol. The lowest BCUT2D eigenvalue weighted by atomic mass is 9.87. The summed E-state index contributed by atoms with van der Waals surface area (Å²) < 4.78 is 0. The SMILES string of the molecule is CC1=C(C(=O)O)C(c2cccc(Cl)c2)N(CCCN2CCN(c3cccc(C(C)(C)C)c3)C2=O)C(=O)N1. The average Bonchev–Trinajstić information content (AvgIpc) is 3.19. The van der Waals surface area contributed by atoms with Crippen molar-refractivity contribution in [1.29, 1.82) is 0 Å². The van der Waals surface area contributed by atoms with Crippen LogP contribution in [0.2, 0.25) is 5.02 Å². The molecule has 2 heterocycles. The van der Waals surface area contributed by atoms with Crippen LogP contribution in [0.15, 0.2) is 59.8 Å². The maximum atomic E-state index is 13.2. The molecule has 0 aromatic heterocycles. The van der Waals surface area contributed by atoms with Gasteiger partial charge in [-0.15, -0.1) is 0 Å². The molecule has 37 heavy (non-hydrogen) atoms. The van der Waals surface area contributed by atoms with Crippen molar-refractivity contribution in [3.63, 3.8) is 0 Å². The number of rotatable bonds is 7. The number of hydrogen-bond donors (Lipinski definition) is 2. The normalized spacial score (nSPS) is 18.5. The number of anilines is 1. The smallest absolute Gasteiger partial charge is 0.335 e. The van der Waals surface area contributed by atoms with E-state index in [1.165, 1.54) is 4.90 Å². The monoisotopic (exact) mass is 524 g/mol. The van der Waals surface area contributed by atoms with Crippen molar-refractivity contribution in [2.75, 3.05) is 31.1 Å². The zero-order chi connectivity index (χ0) is 26.9. The summed E-state index contributed by atoms with van der Waals surface area (Å²) in [6.07, 6.45) is 0.498. The zero-order valence-corrected chi connectivity index (χ0v) is 22.4. The highest BCUT2D eigenvalue weighted by Gasteiger charge is 2.38. The van der Waals surface area contributed by atoms with E-state index in [1.54, 1.807) is 41.0 Å². The maximum absolute atomic E-state index is 13.2. The summed E-state index contributed by atoms with van der Waals surface area (Å²) >= 11 is 6.19. The van der Waals surface area contributed by atoms with Crippen LogP contribution in [0.1, 0.15) is 51.3 Å². The first-order valence-corrected chi connectivity index (χ1v) is 12.8. The summed E-state index contributed by atoms with van der Waals surface area (Å²) in [7, 11) is 0. The molecule has 8 nitrogen and oxygen atoms in total. The van der Waals surface area contributed by atoms with Gasteiger partial charge in [0.2, 0.25) is 0 Å². The van der Waals surface area contributed by atoms with E-state index in [2.05, 4.69) is 38.2 Å². The number of halogens is 1. The molecule has 0 saturated carbocycles. The number of carbonyl (C=O) groups excluding carboxylic acids is 2. The van der Waals surface area contributed by atoms with Crippen LogP contribution in [0.5, 0.6) is 0 Å². The Hall–Kier alpha value is -3.52. The van der Waals surface area contributed by atoms with Gasteiger partial charge >= 0.3 is 18.0 Å². The Morgan fingerprint density at radius 3 is 2.49 bits per heavy atom. The number of carbonyl (C=O) groups is 3. The number of hydrogen-bond acceptors (Lipinski definition) is 3. The van der Waals surface area contributed by atoms with Gasteiger partial charge < -0.3 is 20.2 Å². The van der Waals surface area contributed by atoms with Crippen molar-refractivity contribution in [2.45, 2.75) is 45.6 Å². The van der Waals surface area contributed by atoms with E-state index in [-0.39, 0.29) is 29.6 Å². The van der Waals surface area contributed by atoms with Crippen molar-refractivity contribution < 1.29 is 19.5 Å². The summed E-state index contributed by atoms with van der Waals surface area (Å²) in [5.41, 5.74) is 3.06. The van der Waals surface area contributed by atoms with Crippen molar-refractivity contribution >= 4 is 35.3 Å². The first kappa shape index (κ1) is 26.5. The van der Waals surface area contributed by atoms with Crippen LogP contribution in [0, 0.1) is 0 Å². The molecule has 2 aliphatic rings. The molecular formula is C28H33ClN4O4. The number of urea groups is 2. The van der Waals surface area contributed by atoms with Gasteiger partial charge in [-0.2, -0.15) is 0 Å². The highest BCUT2D eigenvalue weighted by molar-refractivity contribution is 6.30. The minimum Gasteiger partial charge on any atom is -0.478 e. The third-order valence-corrected chi connectivity index (χ3v) is 7.12. The number of nitrogens with zero attached hydrogens (tertiary/aromatic N) is 3. The highest BCUT2D eigenvalue weighted by atomic mass is 35.5. The van der Waals surface area contributed by atoms with E-state index in [0.29, 0.717) is 42.3 Å². The summed E-state index contributed by atoms with van der Waals surface area (Å²) in [5, 5.41) is 13.1. The minimum absolute atomic E-state index is 0.0192. The second-order valence-electron chi connectivity index (χ2n) is 10.5. The van der Waals surface area contributed by atoms with Crippen LogP contribution < -0.4 is 10.2 Å². The van der Waals surface area contributed by atoms with Crippen LogP contribution in [0.4, 0.5) is 15.3 Å². The Labute approximate surface area is 222 Å². The number of aliphatic carboxylic acids is 1. The highest BCUT2D eigenvalue weighted by Crippen LogP contribution is 2.35. The second kappa shape index (κ2) is 10.5. The molecule has 0 bridgehead atoms.